The zero-order valence-electron chi connectivity index (χ0n) is 13.8. The third-order valence-electron chi connectivity index (χ3n) is 3.63. The first-order valence-electron chi connectivity index (χ1n) is 7.87. The summed E-state index contributed by atoms with van der Waals surface area (Å²) >= 11 is 0. The second kappa shape index (κ2) is 8.35. The Morgan fingerprint density at radius 3 is 2.31 bits per heavy atom. The van der Waals surface area contributed by atoms with Gasteiger partial charge in [-0.25, -0.2) is 9.88 Å². The highest BCUT2D eigenvalue weighted by molar-refractivity contribution is 7.55. The van der Waals surface area contributed by atoms with Crippen LogP contribution in [0, 0.1) is 0 Å². The molecule has 11 nitrogen and oxygen atoms in total. The Labute approximate surface area is 148 Å². The fourth-order valence-corrected chi connectivity index (χ4v) is 3.50. The van der Waals surface area contributed by atoms with Crippen molar-refractivity contribution in [1.82, 2.24) is 15.1 Å². The summed E-state index contributed by atoms with van der Waals surface area (Å²) in [5.41, 5.74) is 0. The van der Waals surface area contributed by atoms with E-state index in [4.69, 9.17) is 0 Å². The van der Waals surface area contributed by atoms with Gasteiger partial charge < -0.3 is 9.73 Å². The van der Waals surface area contributed by atoms with Crippen molar-refractivity contribution < 1.29 is 38.3 Å². The second-order valence-electron chi connectivity index (χ2n) is 5.64. The second-order valence-corrected chi connectivity index (χ2v) is 7.81. The van der Waals surface area contributed by atoms with E-state index in [2.05, 4.69) is 9.92 Å². The molecule has 0 bridgehead atoms. The fraction of sp³-hybridized carbons (Fsp3) is 0.500. The normalized spacial score (nSPS) is 19.4. The number of nitrogens with zero attached hydrogens (tertiary/aromatic N) is 2. The van der Waals surface area contributed by atoms with Crippen LogP contribution in [0.25, 0.3) is 0 Å². The number of hydrogen-bond acceptors (Lipinski definition) is 7. The SMILES string of the molecule is O=C(CCNP(=O)(O)CCCN1C(=O)C=CC1=O)ON1C(=O)CCC1=O. The molecule has 2 N–H and O–H groups in total. The lowest BCUT2D eigenvalue weighted by atomic mass is 10.4. The van der Waals surface area contributed by atoms with E-state index in [9.17, 15) is 33.4 Å². The lowest BCUT2D eigenvalue weighted by Gasteiger charge is -2.17. The van der Waals surface area contributed by atoms with Crippen molar-refractivity contribution in [3.8, 4) is 0 Å². The predicted molar refractivity (Wildman–Crippen MR) is 85.0 cm³/mol. The molecule has 12 heteroatoms. The highest BCUT2D eigenvalue weighted by Gasteiger charge is 2.32. The van der Waals surface area contributed by atoms with Crippen molar-refractivity contribution >= 4 is 37.1 Å². The van der Waals surface area contributed by atoms with Gasteiger partial charge in [-0.2, -0.15) is 0 Å². The Morgan fingerprint density at radius 1 is 1.15 bits per heavy atom. The average Bonchev–Trinajstić information content (AvgIpc) is 3.04. The first-order valence-corrected chi connectivity index (χ1v) is 9.71. The molecule has 1 saturated heterocycles. The molecule has 2 aliphatic rings. The van der Waals surface area contributed by atoms with Crippen molar-refractivity contribution in [3.63, 3.8) is 0 Å². The van der Waals surface area contributed by atoms with Crippen LogP contribution in [0.4, 0.5) is 0 Å². The molecule has 0 aromatic carbocycles. The summed E-state index contributed by atoms with van der Waals surface area (Å²) in [6.45, 7) is -0.190. The van der Waals surface area contributed by atoms with Gasteiger partial charge in [0.25, 0.3) is 31.1 Å². The van der Waals surface area contributed by atoms with Crippen LogP contribution in [0.1, 0.15) is 25.7 Å². The molecule has 0 aromatic rings. The Bertz CT molecular complexity index is 685. The fourth-order valence-electron chi connectivity index (χ4n) is 2.31. The maximum absolute atomic E-state index is 12.0. The van der Waals surface area contributed by atoms with Gasteiger partial charge in [0, 0.05) is 44.2 Å². The summed E-state index contributed by atoms with van der Waals surface area (Å²) in [6.07, 6.45) is 1.79. The number of hydroxylamine groups is 2. The smallest absolute Gasteiger partial charge is 0.333 e. The Morgan fingerprint density at radius 2 is 1.73 bits per heavy atom. The molecular weight excluding hydrogens is 369 g/mol. The van der Waals surface area contributed by atoms with E-state index in [0.717, 1.165) is 17.1 Å². The Hall–Kier alpha value is -2.36. The van der Waals surface area contributed by atoms with Crippen molar-refractivity contribution in [2.24, 2.45) is 0 Å². The predicted octanol–water partition coefficient (Wildman–Crippen LogP) is -0.926. The van der Waals surface area contributed by atoms with E-state index in [1.807, 2.05) is 0 Å². The molecule has 1 unspecified atom stereocenters. The summed E-state index contributed by atoms with van der Waals surface area (Å²) in [4.78, 5) is 72.2. The van der Waals surface area contributed by atoms with Crippen LogP contribution in [-0.2, 0) is 33.4 Å². The van der Waals surface area contributed by atoms with Crippen LogP contribution in [0.3, 0.4) is 0 Å². The highest BCUT2D eigenvalue weighted by atomic mass is 31.2. The number of imide groups is 2. The van der Waals surface area contributed by atoms with Crippen LogP contribution in [0.15, 0.2) is 12.2 Å². The summed E-state index contributed by atoms with van der Waals surface area (Å²) in [5, 5.41) is 2.70. The first-order chi connectivity index (χ1) is 12.2. The number of nitrogens with one attached hydrogen (secondary N) is 1. The maximum atomic E-state index is 12.0. The number of rotatable bonds is 9. The molecule has 1 fully saturated rings. The topological polar surface area (TPSA) is 150 Å². The molecular formula is C14H18N3O8P. The van der Waals surface area contributed by atoms with Crippen molar-refractivity contribution in [2.75, 3.05) is 19.3 Å². The lowest BCUT2D eigenvalue weighted by Crippen LogP contribution is -2.33. The lowest BCUT2D eigenvalue weighted by molar-refractivity contribution is -0.197. The van der Waals surface area contributed by atoms with E-state index in [1.54, 1.807) is 0 Å². The van der Waals surface area contributed by atoms with Gasteiger partial charge in [0.2, 0.25) is 0 Å². The number of carbonyl (C=O) groups excluding carboxylic acids is 5. The van der Waals surface area contributed by atoms with Crippen LogP contribution in [0.2, 0.25) is 0 Å². The van der Waals surface area contributed by atoms with Gasteiger partial charge in [-0.1, -0.05) is 0 Å². The van der Waals surface area contributed by atoms with E-state index in [1.165, 1.54) is 0 Å². The van der Waals surface area contributed by atoms with Crippen molar-refractivity contribution in [1.29, 1.82) is 0 Å². The number of amides is 4. The molecule has 2 aliphatic heterocycles. The molecule has 4 amide bonds. The van der Waals surface area contributed by atoms with Gasteiger partial charge in [-0.05, 0) is 6.42 Å². The summed E-state index contributed by atoms with van der Waals surface area (Å²) in [6, 6.07) is 0. The molecule has 26 heavy (non-hydrogen) atoms. The van der Waals surface area contributed by atoms with Crippen LogP contribution in [0.5, 0.6) is 0 Å². The summed E-state index contributed by atoms with van der Waals surface area (Å²) in [7, 11) is -3.78. The average molecular weight is 387 g/mol. The quantitative estimate of drug-likeness (QED) is 0.378. The zero-order chi connectivity index (χ0) is 19.3. The summed E-state index contributed by atoms with van der Waals surface area (Å²) < 4.78 is 12.0. The number of hydrogen-bond donors (Lipinski definition) is 2. The highest BCUT2D eigenvalue weighted by Crippen LogP contribution is 2.35. The third kappa shape index (κ3) is 5.32. The number of carbonyl (C=O) groups is 5. The largest absolute Gasteiger partial charge is 0.334 e. The molecule has 2 heterocycles. The van der Waals surface area contributed by atoms with Crippen molar-refractivity contribution in [2.45, 2.75) is 25.7 Å². The van der Waals surface area contributed by atoms with Crippen molar-refractivity contribution in [3.05, 3.63) is 12.2 Å². The molecule has 0 aliphatic carbocycles. The minimum absolute atomic E-state index is 0.0120. The monoisotopic (exact) mass is 387 g/mol. The maximum Gasteiger partial charge on any atom is 0.334 e. The molecule has 0 radical (unpaired) electrons. The Balaban J connectivity index is 1.66. The molecule has 0 aromatic heterocycles. The third-order valence-corrected chi connectivity index (χ3v) is 5.27. The summed E-state index contributed by atoms with van der Waals surface area (Å²) in [5.74, 6) is -3.04. The zero-order valence-corrected chi connectivity index (χ0v) is 14.6. The standard InChI is InChI=1S/C14H18N3O8P/c18-10-2-3-11(19)16(10)8-1-9-26(23,24)15-7-6-14(22)25-17-12(20)4-5-13(17)21/h2-3H,1,4-9H2,(H2,15,23,24). The van der Waals surface area contributed by atoms with E-state index >= 15 is 0 Å². The Kier molecular flexibility index (Phi) is 6.41. The first kappa shape index (κ1) is 20.0. The molecule has 2 rings (SSSR count). The van der Waals surface area contributed by atoms with Gasteiger partial charge in [0.15, 0.2) is 0 Å². The molecule has 1 atom stereocenters. The van der Waals surface area contributed by atoms with Gasteiger partial charge in [-0.3, -0.25) is 28.6 Å². The molecule has 0 spiro atoms. The van der Waals surface area contributed by atoms with Gasteiger partial charge >= 0.3 is 5.97 Å². The van der Waals surface area contributed by atoms with Gasteiger partial charge in [0.05, 0.1) is 6.42 Å². The minimum atomic E-state index is -3.78. The van der Waals surface area contributed by atoms with Gasteiger partial charge in [-0.15, -0.1) is 5.06 Å². The van der Waals surface area contributed by atoms with E-state index in [-0.39, 0.29) is 44.9 Å². The minimum Gasteiger partial charge on any atom is -0.333 e. The van der Waals surface area contributed by atoms with E-state index in [0.29, 0.717) is 5.06 Å². The van der Waals surface area contributed by atoms with Crippen LogP contribution < -0.4 is 5.09 Å². The molecule has 0 saturated carbocycles. The van der Waals surface area contributed by atoms with Crippen LogP contribution in [-0.4, -0.2) is 63.7 Å². The van der Waals surface area contributed by atoms with Gasteiger partial charge in [0.1, 0.15) is 0 Å². The molecule has 142 valence electrons. The van der Waals surface area contributed by atoms with E-state index < -0.39 is 37.1 Å². The van der Waals surface area contributed by atoms with Crippen LogP contribution >= 0.6 is 7.52 Å².